The number of amides is 1. The summed E-state index contributed by atoms with van der Waals surface area (Å²) in [4.78, 5) is 14.5. The van der Waals surface area contributed by atoms with Gasteiger partial charge < -0.3 is 14.7 Å². The molecule has 20 heavy (non-hydrogen) atoms. The van der Waals surface area contributed by atoms with Gasteiger partial charge in [-0.2, -0.15) is 0 Å². The van der Waals surface area contributed by atoms with E-state index in [4.69, 9.17) is 4.52 Å². The quantitative estimate of drug-likeness (QED) is 0.924. The van der Waals surface area contributed by atoms with E-state index in [1.165, 1.54) is 0 Å². The SMILES string of the molecule is CCc1onc(C)c1C(=O)N1CCC(CNC)CC1.Cl. The molecule has 0 spiro atoms. The lowest BCUT2D eigenvalue weighted by Gasteiger charge is -2.31. The Morgan fingerprint density at radius 1 is 1.45 bits per heavy atom. The summed E-state index contributed by atoms with van der Waals surface area (Å²) in [6.07, 6.45) is 2.84. The topological polar surface area (TPSA) is 58.4 Å². The normalized spacial score (nSPS) is 16.1. The number of hydrogen-bond acceptors (Lipinski definition) is 4. The lowest BCUT2D eigenvalue weighted by atomic mass is 9.96. The molecule has 1 aromatic rings. The number of piperidine rings is 1. The van der Waals surface area contributed by atoms with E-state index < -0.39 is 0 Å². The lowest BCUT2D eigenvalue weighted by molar-refractivity contribution is 0.0688. The van der Waals surface area contributed by atoms with Crippen LogP contribution in [0.1, 0.15) is 41.6 Å². The average Bonchev–Trinajstić information content (AvgIpc) is 2.80. The number of nitrogens with one attached hydrogen (secondary N) is 1. The second-order valence-corrected chi connectivity index (χ2v) is 5.21. The van der Waals surface area contributed by atoms with Crippen molar-refractivity contribution in [3.8, 4) is 0 Å². The van der Waals surface area contributed by atoms with Gasteiger partial charge in [0.05, 0.1) is 5.69 Å². The van der Waals surface area contributed by atoms with Gasteiger partial charge in [-0.25, -0.2) is 0 Å². The lowest BCUT2D eigenvalue weighted by Crippen LogP contribution is -2.40. The predicted octanol–water partition coefficient (Wildman–Crippen LogP) is 2.04. The predicted molar refractivity (Wildman–Crippen MR) is 80.4 cm³/mol. The number of aryl methyl sites for hydroxylation is 2. The highest BCUT2D eigenvalue weighted by atomic mass is 35.5. The van der Waals surface area contributed by atoms with Gasteiger partial charge in [-0.3, -0.25) is 4.79 Å². The Hall–Kier alpha value is -1.07. The van der Waals surface area contributed by atoms with Gasteiger partial charge in [-0.1, -0.05) is 12.1 Å². The van der Waals surface area contributed by atoms with Gasteiger partial charge in [0.15, 0.2) is 0 Å². The molecule has 1 aliphatic rings. The molecule has 0 radical (unpaired) electrons. The first-order valence-corrected chi connectivity index (χ1v) is 7.06. The molecule has 0 aliphatic carbocycles. The molecule has 1 saturated heterocycles. The maximum Gasteiger partial charge on any atom is 0.259 e. The number of aromatic nitrogens is 1. The van der Waals surface area contributed by atoms with Gasteiger partial charge in [-0.05, 0) is 39.3 Å². The van der Waals surface area contributed by atoms with Crippen LogP contribution in [0.25, 0.3) is 0 Å². The van der Waals surface area contributed by atoms with Crippen LogP contribution in [0.3, 0.4) is 0 Å². The summed E-state index contributed by atoms with van der Waals surface area (Å²) in [5, 5.41) is 7.12. The summed E-state index contributed by atoms with van der Waals surface area (Å²) in [6, 6.07) is 0. The molecule has 0 bridgehead atoms. The number of hydrogen-bond donors (Lipinski definition) is 1. The molecule has 1 aromatic heterocycles. The third-order valence-corrected chi connectivity index (χ3v) is 3.86. The van der Waals surface area contributed by atoms with Crippen molar-refractivity contribution in [2.24, 2.45) is 5.92 Å². The summed E-state index contributed by atoms with van der Waals surface area (Å²) < 4.78 is 5.21. The summed E-state index contributed by atoms with van der Waals surface area (Å²) in [5.41, 5.74) is 1.38. The van der Waals surface area contributed by atoms with E-state index in [0.29, 0.717) is 29.4 Å². The van der Waals surface area contributed by atoms with Crippen LogP contribution >= 0.6 is 12.4 Å². The van der Waals surface area contributed by atoms with Crippen LogP contribution in [0.15, 0.2) is 4.52 Å². The van der Waals surface area contributed by atoms with Crippen molar-refractivity contribution >= 4 is 18.3 Å². The van der Waals surface area contributed by atoms with Crippen molar-refractivity contribution in [2.75, 3.05) is 26.7 Å². The Morgan fingerprint density at radius 3 is 2.65 bits per heavy atom. The maximum absolute atomic E-state index is 12.5. The van der Waals surface area contributed by atoms with Gasteiger partial charge in [0.1, 0.15) is 11.3 Å². The fraction of sp³-hybridized carbons (Fsp3) is 0.714. The molecular weight excluding hydrogens is 278 g/mol. The minimum atomic E-state index is 0. The van der Waals surface area contributed by atoms with E-state index in [-0.39, 0.29) is 18.3 Å². The zero-order valence-corrected chi connectivity index (χ0v) is 13.3. The van der Waals surface area contributed by atoms with Crippen LogP contribution in [0.2, 0.25) is 0 Å². The second-order valence-electron chi connectivity index (χ2n) is 5.21. The highest BCUT2D eigenvalue weighted by molar-refractivity contribution is 5.96. The first-order chi connectivity index (χ1) is 9.17. The van der Waals surface area contributed by atoms with Crippen LogP contribution in [0.4, 0.5) is 0 Å². The first kappa shape index (κ1) is 17.0. The van der Waals surface area contributed by atoms with Crippen molar-refractivity contribution in [2.45, 2.75) is 33.1 Å². The zero-order chi connectivity index (χ0) is 13.8. The molecule has 0 saturated carbocycles. The van der Waals surface area contributed by atoms with Crippen LogP contribution in [0.5, 0.6) is 0 Å². The number of carbonyl (C=O) groups excluding carboxylic acids is 1. The highest BCUT2D eigenvalue weighted by Crippen LogP contribution is 2.22. The average molecular weight is 302 g/mol. The Labute approximate surface area is 126 Å². The molecule has 0 unspecified atom stereocenters. The van der Waals surface area contributed by atoms with Gasteiger partial charge in [0.2, 0.25) is 0 Å². The third-order valence-electron chi connectivity index (χ3n) is 3.86. The van der Waals surface area contributed by atoms with Crippen molar-refractivity contribution in [1.29, 1.82) is 0 Å². The van der Waals surface area contributed by atoms with E-state index in [2.05, 4.69) is 10.5 Å². The molecule has 114 valence electrons. The molecule has 2 heterocycles. The van der Waals surface area contributed by atoms with E-state index in [9.17, 15) is 4.79 Å². The largest absolute Gasteiger partial charge is 0.360 e. The van der Waals surface area contributed by atoms with E-state index in [0.717, 1.165) is 32.5 Å². The summed E-state index contributed by atoms with van der Waals surface area (Å²) in [7, 11) is 1.98. The monoisotopic (exact) mass is 301 g/mol. The van der Waals surface area contributed by atoms with Gasteiger partial charge in [0, 0.05) is 19.5 Å². The van der Waals surface area contributed by atoms with Gasteiger partial charge in [0.25, 0.3) is 5.91 Å². The maximum atomic E-state index is 12.5. The molecule has 1 amide bonds. The summed E-state index contributed by atoms with van der Waals surface area (Å²) in [5.74, 6) is 1.47. The van der Waals surface area contributed by atoms with E-state index in [1.807, 2.05) is 25.8 Å². The fourth-order valence-corrected chi connectivity index (χ4v) is 2.72. The van der Waals surface area contributed by atoms with E-state index >= 15 is 0 Å². The Bertz CT molecular complexity index is 440. The molecule has 1 fully saturated rings. The Kier molecular flexibility index (Phi) is 6.49. The molecule has 6 heteroatoms. The van der Waals surface area contributed by atoms with Crippen molar-refractivity contribution in [3.63, 3.8) is 0 Å². The molecule has 1 N–H and O–H groups in total. The van der Waals surface area contributed by atoms with Crippen molar-refractivity contribution in [3.05, 3.63) is 17.0 Å². The van der Waals surface area contributed by atoms with Crippen LogP contribution in [-0.2, 0) is 6.42 Å². The molecule has 2 rings (SSSR count). The molecule has 1 aliphatic heterocycles. The fourth-order valence-electron chi connectivity index (χ4n) is 2.72. The standard InChI is InChI=1S/C14H23N3O2.ClH/c1-4-12-13(10(2)16-19-12)14(18)17-7-5-11(6-8-17)9-15-3;/h11,15H,4-9H2,1-3H3;1H. The second kappa shape index (κ2) is 7.64. The van der Waals surface area contributed by atoms with Gasteiger partial charge in [-0.15, -0.1) is 12.4 Å². The highest BCUT2D eigenvalue weighted by Gasteiger charge is 2.27. The molecule has 0 aromatic carbocycles. The van der Waals surface area contributed by atoms with Crippen LogP contribution in [0, 0.1) is 12.8 Å². The first-order valence-electron chi connectivity index (χ1n) is 7.06. The number of likely N-dealkylation sites (tertiary alicyclic amines) is 1. The number of rotatable bonds is 4. The number of carbonyl (C=O) groups is 1. The van der Waals surface area contributed by atoms with Crippen molar-refractivity contribution in [1.82, 2.24) is 15.4 Å². The Balaban J connectivity index is 0.00000200. The molecular formula is C14H24ClN3O2. The van der Waals surface area contributed by atoms with Gasteiger partial charge >= 0.3 is 0 Å². The third kappa shape index (κ3) is 3.52. The minimum absolute atomic E-state index is 0. The Morgan fingerprint density at radius 2 is 2.10 bits per heavy atom. The zero-order valence-electron chi connectivity index (χ0n) is 12.4. The summed E-state index contributed by atoms with van der Waals surface area (Å²) in [6.45, 7) is 6.52. The van der Waals surface area contributed by atoms with E-state index in [1.54, 1.807) is 0 Å². The van der Waals surface area contributed by atoms with Crippen LogP contribution < -0.4 is 5.32 Å². The van der Waals surface area contributed by atoms with Crippen molar-refractivity contribution < 1.29 is 9.32 Å². The number of halogens is 1. The minimum Gasteiger partial charge on any atom is -0.360 e. The summed E-state index contributed by atoms with van der Waals surface area (Å²) >= 11 is 0. The molecule has 5 nitrogen and oxygen atoms in total. The molecule has 0 atom stereocenters. The van der Waals surface area contributed by atoms with Crippen LogP contribution in [-0.4, -0.2) is 42.6 Å². The smallest absolute Gasteiger partial charge is 0.259 e. The number of nitrogens with zero attached hydrogens (tertiary/aromatic N) is 2.